The zero-order valence-electron chi connectivity index (χ0n) is 9.59. The van der Waals surface area contributed by atoms with Gasteiger partial charge in [0, 0.05) is 0 Å². The molecule has 1 aliphatic carbocycles. The van der Waals surface area contributed by atoms with Gasteiger partial charge in [-0.15, -0.1) is 0 Å². The minimum Gasteiger partial charge on any atom is -0.453 e. The molecule has 0 saturated heterocycles. The van der Waals surface area contributed by atoms with Gasteiger partial charge < -0.3 is 4.74 Å². The third-order valence-electron chi connectivity index (χ3n) is 3.22. The summed E-state index contributed by atoms with van der Waals surface area (Å²) in [5.41, 5.74) is 0.371. The van der Waals surface area contributed by atoms with Gasteiger partial charge in [0.15, 0.2) is 0 Å². The molecule has 2 nitrogen and oxygen atoms in total. The summed E-state index contributed by atoms with van der Waals surface area (Å²) in [5, 5.41) is -0.365. The molecule has 15 heavy (non-hydrogen) atoms. The highest BCUT2D eigenvalue weighted by Crippen LogP contribution is 2.38. The summed E-state index contributed by atoms with van der Waals surface area (Å²) in [4.78, 5) is 11.0. The molecular formula is C11H19ClO2S. The quantitative estimate of drug-likeness (QED) is 0.636. The topological polar surface area (TPSA) is 26.3 Å². The van der Waals surface area contributed by atoms with E-state index in [1.54, 1.807) is 0 Å². The number of hydrogen-bond acceptors (Lipinski definition) is 3. The van der Waals surface area contributed by atoms with E-state index in [1.165, 1.54) is 0 Å². The van der Waals surface area contributed by atoms with Crippen molar-refractivity contribution in [1.29, 1.82) is 0 Å². The Labute approximate surface area is 101 Å². The van der Waals surface area contributed by atoms with Crippen molar-refractivity contribution in [2.75, 3.05) is 0 Å². The van der Waals surface area contributed by atoms with Crippen molar-refractivity contribution in [3.05, 3.63) is 0 Å². The maximum absolute atomic E-state index is 11.0. The fraction of sp³-hybridized carbons (Fsp3) is 0.909. The molecule has 0 N–H and O–H groups in total. The van der Waals surface area contributed by atoms with E-state index in [-0.39, 0.29) is 11.4 Å². The van der Waals surface area contributed by atoms with Crippen molar-refractivity contribution in [3.8, 4) is 0 Å². The van der Waals surface area contributed by atoms with Crippen molar-refractivity contribution in [2.24, 2.45) is 11.3 Å². The van der Waals surface area contributed by atoms with Crippen LogP contribution in [0.2, 0.25) is 0 Å². The van der Waals surface area contributed by atoms with E-state index in [2.05, 4.69) is 20.8 Å². The predicted octanol–water partition coefficient (Wildman–Crippen LogP) is 4.61. The number of ether oxygens (including phenoxy) is 1. The van der Waals surface area contributed by atoms with Crippen LogP contribution in [0.5, 0.6) is 0 Å². The van der Waals surface area contributed by atoms with E-state index in [0.717, 1.165) is 31.6 Å². The van der Waals surface area contributed by atoms with Crippen LogP contribution in [-0.2, 0) is 4.74 Å². The second kappa shape index (κ2) is 5.44. The molecule has 0 aromatic rings. The first-order chi connectivity index (χ1) is 6.93. The maximum Gasteiger partial charge on any atom is 0.383 e. The first-order valence-corrected chi connectivity index (χ1v) is 7.07. The number of carbonyl (C=O) groups is 1. The summed E-state index contributed by atoms with van der Waals surface area (Å²) >= 11 is 0. The van der Waals surface area contributed by atoms with E-state index in [9.17, 15) is 4.79 Å². The SMILES string of the molecule is CC(C)(C)C1CCC(OC(=O)SCl)CC1. The molecular weight excluding hydrogens is 232 g/mol. The number of carbonyl (C=O) groups excluding carboxylic acids is 1. The highest BCUT2D eigenvalue weighted by atomic mass is 35.7. The lowest BCUT2D eigenvalue weighted by atomic mass is 9.72. The lowest BCUT2D eigenvalue weighted by Gasteiger charge is -2.36. The number of halogens is 1. The average molecular weight is 251 g/mol. The van der Waals surface area contributed by atoms with Crippen LogP contribution < -0.4 is 0 Å². The summed E-state index contributed by atoms with van der Waals surface area (Å²) in [5.74, 6) is 0.746. The molecule has 0 bridgehead atoms. The van der Waals surface area contributed by atoms with Crippen LogP contribution in [0.4, 0.5) is 4.79 Å². The lowest BCUT2D eigenvalue weighted by Crippen LogP contribution is -2.29. The molecule has 1 saturated carbocycles. The van der Waals surface area contributed by atoms with Gasteiger partial charge in [-0.1, -0.05) is 20.8 Å². The average Bonchev–Trinajstić information content (AvgIpc) is 2.17. The van der Waals surface area contributed by atoms with Gasteiger partial charge in [-0.25, -0.2) is 4.79 Å². The smallest absolute Gasteiger partial charge is 0.383 e. The van der Waals surface area contributed by atoms with Gasteiger partial charge >= 0.3 is 5.30 Å². The third kappa shape index (κ3) is 4.23. The summed E-state index contributed by atoms with van der Waals surface area (Å²) < 4.78 is 5.19. The molecule has 0 amide bonds. The Morgan fingerprint density at radius 2 is 1.80 bits per heavy atom. The third-order valence-corrected chi connectivity index (χ3v) is 3.83. The first-order valence-electron chi connectivity index (χ1n) is 5.42. The highest BCUT2D eigenvalue weighted by Gasteiger charge is 2.30. The molecule has 4 heteroatoms. The van der Waals surface area contributed by atoms with Crippen molar-refractivity contribution in [2.45, 2.75) is 52.6 Å². The molecule has 0 spiro atoms. The van der Waals surface area contributed by atoms with Gasteiger partial charge in [-0.05, 0) is 47.7 Å². The molecule has 1 fully saturated rings. The second-order valence-corrected chi connectivity index (χ2v) is 6.24. The Morgan fingerprint density at radius 3 is 2.20 bits per heavy atom. The molecule has 1 aliphatic rings. The number of hydrogen-bond donors (Lipinski definition) is 0. The van der Waals surface area contributed by atoms with Crippen LogP contribution in [0, 0.1) is 11.3 Å². The van der Waals surface area contributed by atoms with Gasteiger partial charge in [0.05, 0.1) is 11.0 Å². The highest BCUT2D eigenvalue weighted by molar-refractivity contribution is 8.32. The van der Waals surface area contributed by atoms with E-state index >= 15 is 0 Å². The minimum absolute atomic E-state index is 0.0855. The largest absolute Gasteiger partial charge is 0.453 e. The maximum atomic E-state index is 11.0. The van der Waals surface area contributed by atoms with Gasteiger partial charge in [0.25, 0.3) is 0 Å². The Hall–Kier alpha value is 0.110. The van der Waals surface area contributed by atoms with Crippen LogP contribution in [0.3, 0.4) is 0 Å². The monoisotopic (exact) mass is 250 g/mol. The van der Waals surface area contributed by atoms with Gasteiger partial charge in [-0.2, -0.15) is 0 Å². The van der Waals surface area contributed by atoms with Crippen LogP contribution in [0.1, 0.15) is 46.5 Å². The molecule has 1 rings (SSSR count). The van der Waals surface area contributed by atoms with Crippen molar-refractivity contribution in [3.63, 3.8) is 0 Å². The second-order valence-electron chi connectivity index (χ2n) is 5.28. The predicted molar refractivity (Wildman–Crippen MR) is 65.1 cm³/mol. The van der Waals surface area contributed by atoms with Crippen LogP contribution in [0.25, 0.3) is 0 Å². The van der Waals surface area contributed by atoms with Gasteiger partial charge in [0.1, 0.15) is 6.10 Å². The van der Waals surface area contributed by atoms with Gasteiger partial charge in [0.2, 0.25) is 0 Å². The molecule has 0 aliphatic heterocycles. The zero-order valence-corrected chi connectivity index (χ0v) is 11.2. The lowest BCUT2D eigenvalue weighted by molar-refractivity contribution is 0.0595. The number of rotatable bonds is 1. The molecule has 0 radical (unpaired) electrons. The summed E-state index contributed by atoms with van der Waals surface area (Å²) in [7, 11) is 5.95. The Bertz CT molecular complexity index is 217. The zero-order chi connectivity index (χ0) is 11.5. The van der Waals surface area contributed by atoms with E-state index in [4.69, 9.17) is 15.4 Å². The fourth-order valence-electron chi connectivity index (χ4n) is 2.20. The van der Waals surface area contributed by atoms with E-state index in [1.807, 2.05) is 0 Å². The van der Waals surface area contributed by atoms with Gasteiger partial charge in [-0.3, -0.25) is 0 Å². The molecule has 0 unspecified atom stereocenters. The molecule has 0 aromatic heterocycles. The minimum atomic E-state index is -0.365. The van der Waals surface area contributed by atoms with Crippen LogP contribution >= 0.6 is 21.7 Å². The van der Waals surface area contributed by atoms with Crippen molar-refractivity contribution in [1.82, 2.24) is 0 Å². The Balaban J connectivity index is 2.33. The standard InChI is InChI=1S/C11H19ClO2S/c1-11(2,3)8-4-6-9(7-5-8)14-10(13)15-12/h8-9H,4-7H2,1-3H3. The molecule has 0 heterocycles. The van der Waals surface area contributed by atoms with Crippen molar-refractivity contribution < 1.29 is 9.53 Å². The summed E-state index contributed by atoms with van der Waals surface area (Å²) in [6.45, 7) is 6.83. The van der Waals surface area contributed by atoms with E-state index in [0.29, 0.717) is 16.4 Å². The molecule has 0 atom stereocenters. The molecule has 88 valence electrons. The van der Waals surface area contributed by atoms with Crippen LogP contribution in [0.15, 0.2) is 0 Å². The Kier molecular flexibility index (Phi) is 4.78. The van der Waals surface area contributed by atoms with Crippen LogP contribution in [-0.4, -0.2) is 11.4 Å². The summed E-state index contributed by atoms with van der Waals surface area (Å²) in [6, 6.07) is 0. The fourth-order valence-corrected chi connectivity index (χ4v) is 2.48. The first kappa shape index (κ1) is 13.2. The Morgan fingerprint density at radius 1 is 1.27 bits per heavy atom. The van der Waals surface area contributed by atoms with Crippen molar-refractivity contribution >= 4 is 27.0 Å². The molecule has 0 aromatic carbocycles. The summed E-state index contributed by atoms with van der Waals surface area (Å²) in [6.07, 6.45) is 4.33. The normalized spacial score (nSPS) is 27.5. The van der Waals surface area contributed by atoms with E-state index < -0.39 is 0 Å².